The van der Waals surface area contributed by atoms with E-state index in [0.29, 0.717) is 11.1 Å². The number of benzene rings is 2. The fourth-order valence-electron chi connectivity index (χ4n) is 1.66. The van der Waals surface area contributed by atoms with Crippen LogP contribution in [0.2, 0.25) is 10.0 Å². The van der Waals surface area contributed by atoms with Gasteiger partial charge in [0.15, 0.2) is 0 Å². The van der Waals surface area contributed by atoms with E-state index in [4.69, 9.17) is 23.2 Å². The van der Waals surface area contributed by atoms with Crippen molar-refractivity contribution in [2.75, 3.05) is 4.72 Å². The van der Waals surface area contributed by atoms with Gasteiger partial charge in [-0.05, 0) is 42.5 Å². The molecule has 0 aliphatic rings. The average molecular weight is 370 g/mol. The molecule has 0 saturated heterocycles. The molecule has 1 N–H and O–H groups in total. The predicted octanol–water partition coefficient (Wildman–Crippen LogP) is 4.81. The van der Waals surface area contributed by atoms with Crippen LogP contribution in [0.15, 0.2) is 47.4 Å². The maximum atomic E-state index is 12.9. The fourth-order valence-corrected chi connectivity index (χ4v) is 3.04. The molecule has 2 aromatic rings. The molecule has 0 aliphatic carbocycles. The molecule has 2 aromatic carbocycles. The first-order valence-electron chi connectivity index (χ1n) is 5.75. The van der Waals surface area contributed by atoms with Gasteiger partial charge in [0.25, 0.3) is 10.0 Å². The van der Waals surface area contributed by atoms with Crippen LogP contribution < -0.4 is 4.72 Å². The number of nitrogens with one attached hydrogen (secondary N) is 1. The summed E-state index contributed by atoms with van der Waals surface area (Å²) >= 11 is 11.2. The number of halogens is 5. The van der Waals surface area contributed by atoms with Gasteiger partial charge in [-0.1, -0.05) is 23.2 Å². The van der Waals surface area contributed by atoms with E-state index >= 15 is 0 Å². The van der Waals surface area contributed by atoms with Gasteiger partial charge in [0.05, 0.1) is 16.1 Å². The first-order valence-corrected chi connectivity index (χ1v) is 7.98. The zero-order valence-corrected chi connectivity index (χ0v) is 13.0. The number of sulfonamides is 1. The summed E-state index contributed by atoms with van der Waals surface area (Å²) < 4.78 is 65.0. The Kier molecular flexibility index (Phi) is 4.60. The van der Waals surface area contributed by atoms with Crippen LogP contribution in [0.25, 0.3) is 0 Å². The summed E-state index contributed by atoms with van der Waals surface area (Å²) in [5.41, 5.74) is -1.77. The molecular weight excluding hydrogens is 362 g/mol. The molecule has 0 radical (unpaired) electrons. The third-order valence-corrected chi connectivity index (χ3v) is 4.52. The molecule has 9 heteroatoms. The third kappa shape index (κ3) is 3.85. The molecule has 0 bridgehead atoms. The van der Waals surface area contributed by atoms with Crippen molar-refractivity contribution in [3.05, 3.63) is 58.1 Å². The van der Waals surface area contributed by atoms with Gasteiger partial charge in [-0.3, -0.25) is 4.72 Å². The summed E-state index contributed by atoms with van der Waals surface area (Å²) in [6, 6.07) is 7.80. The van der Waals surface area contributed by atoms with Crippen LogP contribution in [0.3, 0.4) is 0 Å². The summed E-state index contributed by atoms with van der Waals surface area (Å²) in [5.74, 6) is 0. The smallest absolute Gasteiger partial charge is 0.279 e. The van der Waals surface area contributed by atoms with Crippen LogP contribution in [-0.2, 0) is 16.2 Å². The maximum absolute atomic E-state index is 12.9. The lowest BCUT2D eigenvalue weighted by atomic mass is 10.2. The lowest BCUT2D eigenvalue weighted by Gasteiger charge is -2.15. The highest BCUT2D eigenvalue weighted by atomic mass is 35.5. The van der Waals surface area contributed by atoms with Crippen LogP contribution in [0.1, 0.15) is 5.56 Å². The quantitative estimate of drug-likeness (QED) is 0.843. The molecule has 2 rings (SSSR count). The van der Waals surface area contributed by atoms with Crippen molar-refractivity contribution in [2.45, 2.75) is 11.1 Å². The first kappa shape index (κ1) is 16.9. The van der Waals surface area contributed by atoms with Crippen LogP contribution in [0.5, 0.6) is 0 Å². The third-order valence-electron chi connectivity index (χ3n) is 2.66. The molecule has 3 nitrogen and oxygen atoms in total. The molecule has 0 saturated carbocycles. The molecule has 0 atom stereocenters. The molecule has 0 heterocycles. The highest BCUT2D eigenvalue weighted by Gasteiger charge is 2.35. The van der Waals surface area contributed by atoms with Crippen molar-refractivity contribution in [1.29, 1.82) is 0 Å². The minimum absolute atomic E-state index is 0.151. The zero-order chi connectivity index (χ0) is 16.5. The van der Waals surface area contributed by atoms with Gasteiger partial charge in [-0.15, -0.1) is 0 Å². The lowest BCUT2D eigenvalue weighted by Crippen LogP contribution is -2.17. The second kappa shape index (κ2) is 5.98. The molecule has 0 aromatic heterocycles. The Hall–Kier alpha value is -1.44. The predicted molar refractivity (Wildman–Crippen MR) is 78.7 cm³/mol. The van der Waals surface area contributed by atoms with Crippen LogP contribution in [-0.4, -0.2) is 8.42 Å². The number of anilines is 1. The second-order valence-electron chi connectivity index (χ2n) is 4.25. The Morgan fingerprint density at radius 3 is 2.00 bits per heavy atom. The van der Waals surface area contributed by atoms with E-state index in [-0.39, 0.29) is 9.92 Å². The molecule has 0 amide bonds. The van der Waals surface area contributed by atoms with Gasteiger partial charge in [0, 0.05) is 10.0 Å². The zero-order valence-electron chi connectivity index (χ0n) is 10.7. The van der Waals surface area contributed by atoms with Gasteiger partial charge in [-0.25, -0.2) is 8.42 Å². The van der Waals surface area contributed by atoms with E-state index in [2.05, 4.69) is 0 Å². The first-order chi connectivity index (χ1) is 10.1. The van der Waals surface area contributed by atoms with Crippen molar-refractivity contribution in [3.63, 3.8) is 0 Å². The fraction of sp³-hybridized carbons (Fsp3) is 0.0769. The molecule has 0 fully saturated rings. The largest absolute Gasteiger partial charge is 0.418 e. The average Bonchev–Trinajstić information content (AvgIpc) is 2.40. The number of rotatable bonds is 3. The molecule has 0 aliphatic heterocycles. The second-order valence-corrected chi connectivity index (χ2v) is 6.80. The highest BCUT2D eigenvalue weighted by molar-refractivity contribution is 7.92. The van der Waals surface area contributed by atoms with Crippen molar-refractivity contribution < 1.29 is 21.6 Å². The standard InChI is InChI=1S/C13H8Cl2F3NO2S/c14-8-1-4-10(5-2-8)22(20,21)19-12-6-3-9(15)7-11(12)13(16,17)18/h1-7,19H. The van der Waals surface area contributed by atoms with E-state index in [1.807, 2.05) is 4.72 Å². The maximum Gasteiger partial charge on any atom is 0.418 e. The van der Waals surface area contributed by atoms with Crippen molar-refractivity contribution >= 4 is 38.9 Å². The van der Waals surface area contributed by atoms with Gasteiger partial charge >= 0.3 is 6.18 Å². The van der Waals surface area contributed by atoms with Gasteiger partial charge in [0.1, 0.15) is 0 Å². The molecular formula is C13H8Cl2F3NO2S. The molecule has 0 spiro atoms. The number of alkyl halides is 3. The van der Waals surface area contributed by atoms with E-state index in [1.165, 1.54) is 24.3 Å². The Morgan fingerprint density at radius 2 is 1.45 bits per heavy atom. The van der Waals surface area contributed by atoms with Gasteiger partial charge in [0.2, 0.25) is 0 Å². The van der Waals surface area contributed by atoms with Gasteiger partial charge in [-0.2, -0.15) is 13.2 Å². The molecule has 118 valence electrons. The summed E-state index contributed by atoms with van der Waals surface area (Å²) in [5, 5.41) is 0.156. The lowest BCUT2D eigenvalue weighted by molar-refractivity contribution is -0.136. The number of hydrogen-bond acceptors (Lipinski definition) is 2. The molecule has 22 heavy (non-hydrogen) atoms. The van der Waals surface area contributed by atoms with Crippen LogP contribution in [0.4, 0.5) is 18.9 Å². The Labute approximate surface area is 134 Å². The SMILES string of the molecule is O=S(=O)(Nc1ccc(Cl)cc1C(F)(F)F)c1ccc(Cl)cc1. The van der Waals surface area contributed by atoms with Gasteiger partial charge < -0.3 is 0 Å². The normalized spacial score (nSPS) is 12.2. The van der Waals surface area contributed by atoms with E-state index in [1.54, 1.807) is 0 Å². The van der Waals surface area contributed by atoms with E-state index in [9.17, 15) is 21.6 Å². The Balaban J connectivity index is 2.44. The summed E-state index contributed by atoms with van der Waals surface area (Å²) in [6.07, 6.45) is -4.75. The van der Waals surface area contributed by atoms with E-state index < -0.39 is 27.5 Å². The minimum Gasteiger partial charge on any atom is -0.279 e. The minimum atomic E-state index is -4.75. The number of hydrogen-bond donors (Lipinski definition) is 1. The monoisotopic (exact) mass is 369 g/mol. The van der Waals surface area contributed by atoms with Crippen LogP contribution >= 0.6 is 23.2 Å². The van der Waals surface area contributed by atoms with E-state index in [0.717, 1.165) is 12.1 Å². The van der Waals surface area contributed by atoms with Crippen molar-refractivity contribution in [2.24, 2.45) is 0 Å². The summed E-state index contributed by atoms with van der Waals surface area (Å²) in [7, 11) is -4.18. The highest BCUT2D eigenvalue weighted by Crippen LogP contribution is 2.37. The van der Waals surface area contributed by atoms with Crippen LogP contribution in [0, 0.1) is 0 Å². The van der Waals surface area contributed by atoms with Crippen molar-refractivity contribution in [3.8, 4) is 0 Å². The topological polar surface area (TPSA) is 46.2 Å². The summed E-state index contributed by atoms with van der Waals surface area (Å²) in [6.45, 7) is 0. The Morgan fingerprint density at radius 1 is 0.909 bits per heavy atom. The summed E-state index contributed by atoms with van der Waals surface area (Å²) in [4.78, 5) is -0.208. The Bertz CT molecular complexity index is 790. The molecule has 0 unspecified atom stereocenters. The van der Waals surface area contributed by atoms with Crippen molar-refractivity contribution in [1.82, 2.24) is 0 Å².